The lowest BCUT2D eigenvalue weighted by Crippen LogP contribution is -2.54. The monoisotopic (exact) mass is 1230 g/mol. The van der Waals surface area contributed by atoms with Gasteiger partial charge in [0.2, 0.25) is 17.7 Å². The van der Waals surface area contributed by atoms with Crippen molar-refractivity contribution in [1.82, 2.24) is 34.7 Å². The topological polar surface area (TPSA) is 276 Å². The number of carbonyl (C=O) groups is 6. The Morgan fingerprint density at radius 1 is 0.932 bits per heavy atom. The lowest BCUT2D eigenvalue weighted by molar-refractivity contribution is -0.384. The molecule has 3 saturated heterocycles. The molecular formula is C64H65ClN10O12S. The number of nitrogens with zero attached hydrogens (tertiary/aromatic N) is 6. The third kappa shape index (κ3) is 13.6. The molecule has 1 aliphatic carbocycles. The van der Waals surface area contributed by atoms with Crippen molar-refractivity contribution in [2.24, 2.45) is 11.3 Å². The van der Waals surface area contributed by atoms with Crippen LogP contribution in [0.3, 0.4) is 0 Å². The van der Waals surface area contributed by atoms with Gasteiger partial charge < -0.3 is 29.6 Å². The summed E-state index contributed by atoms with van der Waals surface area (Å²) in [4.78, 5) is 104. The SMILES string of the molecule is CC1(C)CCC(CN2CCN(c3ccc(C(=O)NS(=O)(=O)c4ccc(NCC5CCCN(C(=O)COCCC#Cc6cccc7c6C(=O)N(C6CCC(=O)NC6=O)C7=O)C5)c([N+](=O)[O-])c4)c(Oc4cnc5[nH]ccc5c4)c3)CC2)=C(c2ccc(Cl)cc2)C1. The smallest absolute Gasteiger partial charge is 0.293 e. The second-order valence-electron chi connectivity index (χ2n) is 23.4. The lowest BCUT2D eigenvalue weighted by Gasteiger charge is -2.39. The first-order valence-electron chi connectivity index (χ1n) is 29.2. The Morgan fingerprint density at radius 2 is 1.74 bits per heavy atom. The van der Waals surface area contributed by atoms with Crippen LogP contribution in [0.2, 0.25) is 5.02 Å². The number of aromatic nitrogens is 2. The number of hydrogen-bond donors (Lipinski definition) is 4. The van der Waals surface area contributed by atoms with Gasteiger partial charge in [0.1, 0.15) is 35.5 Å². The quantitative estimate of drug-likeness (QED) is 0.0207. The number of aromatic amines is 1. The summed E-state index contributed by atoms with van der Waals surface area (Å²) in [6.45, 7) is 9.27. The Kier molecular flexibility index (Phi) is 17.8. The maximum absolute atomic E-state index is 14.2. The molecule has 2 aromatic heterocycles. The van der Waals surface area contributed by atoms with Gasteiger partial charge in [-0.3, -0.25) is 54.0 Å². The number of allylic oxidation sites excluding steroid dienone is 1. The summed E-state index contributed by atoms with van der Waals surface area (Å²) >= 11 is 6.27. The van der Waals surface area contributed by atoms with Crippen molar-refractivity contribution in [3.63, 3.8) is 0 Å². The third-order valence-corrected chi connectivity index (χ3v) is 18.4. The maximum Gasteiger partial charge on any atom is 0.293 e. The number of fused-ring (bicyclic) bond motifs is 2. The van der Waals surface area contributed by atoms with E-state index in [0.29, 0.717) is 61.0 Å². The van der Waals surface area contributed by atoms with E-state index in [0.717, 1.165) is 60.9 Å². The number of pyridine rings is 1. The van der Waals surface area contributed by atoms with E-state index in [1.165, 1.54) is 47.2 Å². The van der Waals surface area contributed by atoms with Crippen molar-refractivity contribution in [2.45, 2.75) is 76.2 Å². The van der Waals surface area contributed by atoms with Crippen LogP contribution in [0.25, 0.3) is 16.6 Å². The third-order valence-electron chi connectivity index (χ3n) is 16.8. The number of nitro benzene ring substituents is 1. The van der Waals surface area contributed by atoms with E-state index < -0.39 is 61.1 Å². The van der Waals surface area contributed by atoms with Crippen LogP contribution in [0.15, 0.2) is 114 Å². The molecule has 3 fully saturated rings. The minimum Gasteiger partial charge on any atom is -0.455 e. The molecule has 0 spiro atoms. The predicted octanol–water partition coefficient (Wildman–Crippen LogP) is 8.33. The minimum atomic E-state index is -4.70. The van der Waals surface area contributed by atoms with Crippen molar-refractivity contribution in [3.8, 4) is 23.3 Å². The van der Waals surface area contributed by atoms with Crippen molar-refractivity contribution in [1.29, 1.82) is 0 Å². The maximum atomic E-state index is 14.2. The zero-order chi connectivity index (χ0) is 61.9. The molecule has 22 nitrogen and oxygen atoms in total. The number of imide groups is 2. The second-order valence-corrected chi connectivity index (χ2v) is 25.6. The van der Waals surface area contributed by atoms with E-state index in [-0.39, 0.29) is 84.4 Å². The molecule has 2 unspecified atom stereocenters. The number of sulfonamides is 1. The molecular weight excluding hydrogens is 1170 g/mol. The number of anilines is 2. The van der Waals surface area contributed by atoms with Gasteiger partial charge in [0, 0.05) is 105 Å². The molecule has 6 heterocycles. The van der Waals surface area contributed by atoms with E-state index in [4.69, 9.17) is 21.1 Å². The molecule has 0 bridgehead atoms. The van der Waals surface area contributed by atoms with Crippen LogP contribution in [0.4, 0.5) is 17.1 Å². The Bertz CT molecular complexity index is 4000. The molecule has 4 N–H and O–H groups in total. The number of halogens is 1. The first-order valence-corrected chi connectivity index (χ1v) is 31.1. The highest BCUT2D eigenvalue weighted by Crippen LogP contribution is 2.44. The predicted molar refractivity (Wildman–Crippen MR) is 328 cm³/mol. The Hall–Kier alpha value is -8.95. The Labute approximate surface area is 513 Å². The molecule has 88 heavy (non-hydrogen) atoms. The molecule has 4 aliphatic heterocycles. The van der Waals surface area contributed by atoms with Crippen LogP contribution in [0.1, 0.15) is 107 Å². The van der Waals surface area contributed by atoms with Crippen LogP contribution in [-0.4, -0.2) is 145 Å². The highest BCUT2D eigenvalue weighted by Gasteiger charge is 2.45. The Balaban J connectivity index is 0.695. The second kappa shape index (κ2) is 25.8. The highest BCUT2D eigenvalue weighted by atomic mass is 35.5. The minimum absolute atomic E-state index is 0.00234. The van der Waals surface area contributed by atoms with E-state index >= 15 is 0 Å². The van der Waals surface area contributed by atoms with Gasteiger partial charge in [-0.2, -0.15) is 0 Å². The van der Waals surface area contributed by atoms with Crippen molar-refractivity contribution >= 4 is 90.7 Å². The fraction of sp³-hybridized carbons (Fsp3) is 0.359. The standard InChI is InChI=1S/C64H65ClN10O12S/c1-64(2)23-21-44(51(34-64)41-11-13-45(65)14-12-41)38-71-26-28-72(29-27-71)46-15-17-49(55(32-46)87-47-31-43-22-24-66-59(43)68-36-47)60(78)70-88(84,85)48-16-18-52(54(33-48)75(82)83)67-35-40-7-6-25-73(37-40)57(77)39-86-30-4-3-8-42-9-5-10-50-58(42)63(81)74(62(50)80)53-19-20-56(76)69-61(53)79/h5,9-18,22,24,31-33,36,40,53,67H,4,6-7,19-21,23,25-30,34-35,37-39H2,1-2H3,(H,66,68)(H,70,78)(H,69,76,79). The lowest BCUT2D eigenvalue weighted by atomic mass is 9.72. The van der Waals surface area contributed by atoms with Crippen LogP contribution >= 0.6 is 11.6 Å². The molecule has 4 aromatic carbocycles. The number of nitrogens with one attached hydrogen (secondary N) is 4. The summed E-state index contributed by atoms with van der Waals surface area (Å²) in [5, 5.41) is 19.2. The van der Waals surface area contributed by atoms with E-state index in [1.54, 1.807) is 41.4 Å². The summed E-state index contributed by atoms with van der Waals surface area (Å²) < 4.78 is 42.1. The van der Waals surface area contributed by atoms with E-state index in [2.05, 4.69) is 72.9 Å². The van der Waals surface area contributed by atoms with Gasteiger partial charge in [0.05, 0.1) is 39.3 Å². The molecule has 11 rings (SSSR count). The van der Waals surface area contributed by atoms with Crippen LogP contribution in [-0.2, 0) is 29.1 Å². The summed E-state index contributed by atoms with van der Waals surface area (Å²) in [5.41, 5.74) is 5.50. The number of ether oxygens (including phenoxy) is 2. The molecule has 2 atom stereocenters. The summed E-state index contributed by atoms with van der Waals surface area (Å²) in [6.07, 6.45) is 7.91. The van der Waals surface area contributed by atoms with Crippen molar-refractivity contribution in [3.05, 3.63) is 152 Å². The first-order chi connectivity index (χ1) is 42.3. The van der Waals surface area contributed by atoms with E-state index in [1.807, 2.05) is 18.2 Å². The normalized spacial score (nSPS) is 18.8. The number of carbonyl (C=O) groups excluding carboxylic acids is 6. The average Bonchev–Trinajstić information content (AvgIpc) is 2.14. The number of H-pyrrole nitrogens is 1. The van der Waals surface area contributed by atoms with Crippen LogP contribution in [0, 0.1) is 33.3 Å². The fourth-order valence-electron chi connectivity index (χ4n) is 12.1. The summed E-state index contributed by atoms with van der Waals surface area (Å²) in [6, 6.07) is 23.5. The number of piperidine rings is 2. The summed E-state index contributed by atoms with van der Waals surface area (Å²) in [7, 11) is -4.70. The Morgan fingerprint density at radius 3 is 2.52 bits per heavy atom. The zero-order valence-corrected chi connectivity index (χ0v) is 50.1. The molecule has 5 aliphatic rings. The molecule has 6 amide bonds. The number of nitro groups is 1. The largest absolute Gasteiger partial charge is 0.455 e. The molecule has 6 aromatic rings. The number of piperazine rings is 1. The molecule has 24 heteroatoms. The van der Waals surface area contributed by atoms with Gasteiger partial charge in [-0.05, 0) is 122 Å². The van der Waals surface area contributed by atoms with Gasteiger partial charge >= 0.3 is 0 Å². The fourth-order valence-corrected chi connectivity index (χ4v) is 13.2. The number of benzene rings is 4. The van der Waals surface area contributed by atoms with E-state index in [9.17, 15) is 47.3 Å². The van der Waals surface area contributed by atoms with Gasteiger partial charge in [0.15, 0.2) is 0 Å². The van der Waals surface area contributed by atoms with Gasteiger partial charge in [0.25, 0.3) is 33.4 Å². The summed E-state index contributed by atoms with van der Waals surface area (Å²) in [5.74, 6) is 2.31. The van der Waals surface area contributed by atoms with Crippen LogP contribution < -0.4 is 25.0 Å². The average molecular weight is 1230 g/mol. The number of rotatable bonds is 18. The first kappa shape index (κ1) is 60.7. The van der Waals surface area contributed by atoms with Crippen LogP contribution in [0.5, 0.6) is 11.5 Å². The van der Waals surface area contributed by atoms with Gasteiger partial charge in [-0.1, -0.05) is 61.1 Å². The van der Waals surface area contributed by atoms with Crippen molar-refractivity contribution in [2.75, 3.05) is 75.8 Å². The molecule has 456 valence electrons. The van der Waals surface area contributed by atoms with Gasteiger partial charge in [-0.15, -0.1) is 0 Å². The molecule has 0 saturated carbocycles. The number of likely N-dealkylation sites (tertiary alicyclic amines) is 1. The number of hydrogen-bond acceptors (Lipinski definition) is 16. The highest BCUT2D eigenvalue weighted by molar-refractivity contribution is 7.90. The van der Waals surface area contributed by atoms with Gasteiger partial charge in [-0.25, -0.2) is 18.1 Å². The molecule has 0 radical (unpaired) electrons. The zero-order valence-electron chi connectivity index (χ0n) is 48.6. The number of amides is 6. The van der Waals surface area contributed by atoms with Crippen molar-refractivity contribution < 1.29 is 51.6 Å².